The van der Waals surface area contributed by atoms with Crippen LogP contribution in [0, 0.1) is 11.8 Å². The minimum absolute atomic E-state index is 0.0296. The molecule has 7 heteroatoms. The number of rotatable bonds is 11. The Morgan fingerprint density at radius 3 is 2.35 bits per heavy atom. The largest absolute Gasteiger partial charge is 0.466 e. The SMILES string of the molecule is CC(=O)OCCC1CC[C@@H](OC(C)=O)[C@](C)(CCCC(C)C(=O)CC2OC2(C)C)OC1. The van der Waals surface area contributed by atoms with Crippen molar-refractivity contribution in [2.24, 2.45) is 11.8 Å². The van der Waals surface area contributed by atoms with Crippen LogP contribution in [0.5, 0.6) is 0 Å². The molecule has 0 aromatic carbocycles. The topological polar surface area (TPSA) is 91.4 Å². The first-order valence-corrected chi connectivity index (χ1v) is 11.6. The van der Waals surface area contributed by atoms with E-state index in [4.69, 9.17) is 18.9 Å². The quantitative estimate of drug-likeness (QED) is 0.354. The number of epoxide rings is 1. The van der Waals surface area contributed by atoms with E-state index in [-0.39, 0.29) is 47.4 Å². The zero-order chi connectivity index (χ0) is 23.2. The first-order valence-electron chi connectivity index (χ1n) is 11.6. The van der Waals surface area contributed by atoms with Crippen molar-refractivity contribution in [2.45, 2.75) is 110 Å². The van der Waals surface area contributed by atoms with Gasteiger partial charge in [0.05, 0.1) is 24.9 Å². The highest BCUT2D eigenvalue weighted by molar-refractivity contribution is 5.81. The summed E-state index contributed by atoms with van der Waals surface area (Å²) in [5, 5.41) is 0. The summed E-state index contributed by atoms with van der Waals surface area (Å²) in [6, 6.07) is 0. The van der Waals surface area contributed by atoms with E-state index in [0.29, 0.717) is 32.5 Å². The number of hydrogen-bond acceptors (Lipinski definition) is 7. The molecule has 2 fully saturated rings. The van der Waals surface area contributed by atoms with Crippen LogP contribution >= 0.6 is 0 Å². The molecule has 2 aliphatic heterocycles. The lowest BCUT2D eigenvalue weighted by Crippen LogP contribution is -2.44. The third-order valence-corrected chi connectivity index (χ3v) is 6.72. The normalized spacial score (nSPS) is 30.7. The first kappa shape index (κ1) is 25.8. The Labute approximate surface area is 186 Å². The zero-order valence-corrected chi connectivity index (χ0v) is 20.0. The van der Waals surface area contributed by atoms with Crippen LogP contribution in [0.3, 0.4) is 0 Å². The predicted octanol–water partition coefficient (Wildman–Crippen LogP) is 4.00. The van der Waals surface area contributed by atoms with E-state index in [9.17, 15) is 14.4 Å². The van der Waals surface area contributed by atoms with Crippen LogP contribution in [0.2, 0.25) is 0 Å². The molecule has 5 atom stereocenters. The van der Waals surface area contributed by atoms with Crippen molar-refractivity contribution in [3.63, 3.8) is 0 Å². The molecule has 7 nitrogen and oxygen atoms in total. The number of carbonyl (C=O) groups is 3. The molecule has 0 N–H and O–H groups in total. The first-order chi connectivity index (χ1) is 14.4. The molecule has 0 radical (unpaired) electrons. The summed E-state index contributed by atoms with van der Waals surface area (Å²) in [6.45, 7) is 11.7. The molecule has 0 bridgehead atoms. The van der Waals surface area contributed by atoms with Gasteiger partial charge >= 0.3 is 11.9 Å². The molecule has 3 unspecified atom stereocenters. The fourth-order valence-electron chi connectivity index (χ4n) is 4.32. The van der Waals surface area contributed by atoms with Gasteiger partial charge in [-0.3, -0.25) is 14.4 Å². The van der Waals surface area contributed by atoms with Crippen LogP contribution < -0.4 is 0 Å². The molecule has 2 heterocycles. The van der Waals surface area contributed by atoms with Gasteiger partial charge < -0.3 is 18.9 Å². The Hall–Kier alpha value is -1.47. The standard InChI is InChI=1S/C24H40O7/c1-16(20(27)14-22-23(4,5)31-22)8-7-12-24(6)21(30-18(3)26)10-9-19(15-29-24)11-13-28-17(2)25/h16,19,21-22H,7-15H2,1-6H3/t16?,19?,21-,22?,24+/m1/s1. The molecule has 0 spiro atoms. The van der Waals surface area contributed by atoms with Crippen molar-refractivity contribution in [3.05, 3.63) is 0 Å². The van der Waals surface area contributed by atoms with Gasteiger partial charge in [0.25, 0.3) is 0 Å². The monoisotopic (exact) mass is 440 g/mol. The smallest absolute Gasteiger partial charge is 0.303 e. The Bertz CT molecular complexity index is 644. The molecule has 0 aliphatic carbocycles. The molecule has 0 aromatic heterocycles. The molecule has 0 amide bonds. The molecule has 178 valence electrons. The van der Waals surface area contributed by atoms with E-state index in [0.717, 1.165) is 25.7 Å². The molecular weight excluding hydrogens is 400 g/mol. The number of ether oxygens (including phenoxy) is 4. The lowest BCUT2D eigenvalue weighted by molar-refractivity contribution is -0.169. The number of ketones is 1. The summed E-state index contributed by atoms with van der Waals surface area (Å²) in [7, 11) is 0. The van der Waals surface area contributed by atoms with Crippen molar-refractivity contribution >= 4 is 17.7 Å². The van der Waals surface area contributed by atoms with E-state index in [1.54, 1.807) is 0 Å². The third-order valence-electron chi connectivity index (χ3n) is 6.72. The van der Waals surface area contributed by atoms with Gasteiger partial charge in [-0.2, -0.15) is 0 Å². The van der Waals surface area contributed by atoms with Gasteiger partial charge in [-0.1, -0.05) is 6.92 Å². The maximum absolute atomic E-state index is 12.5. The van der Waals surface area contributed by atoms with E-state index in [2.05, 4.69) is 0 Å². The molecule has 2 rings (SSSR count). The van der Waals surface area contributed by atoms with Crippen LogP contribution in [0.1, 0.15) is 86.5 Å². The van der Waals surface area contributed by atoms with Crippen molar-refractivity contribution in [1.29, 1.82) is 0 Å². The number of esters is 2. The van der Waals surface area contributed by atoms with Crippen LogP contribution in [0.15, 0.2) is 0 Å². The van der Waals surface area contributed by atoms with Crippen LogP contribution in [0.25, 0.3) is 0 Å². The Kier molecular flexibility index (Phi) is 9.07. The third kappa shape index (κ3) is 8.19. The summed E-state index contributed by atoms with van der Waals surface area (Å²) >= 11 is 0. The minimum Gasteiger partial charge on any atom is -0.466 e. The van der Waals surface area contributed by atoms with Gasteiger partial charge in [-0.05, 0) is 65.2 Å². The van der Waals surface area contributed by atoms with Gasteiger partial charge in [0, 0.05) is 26.2 Å². The van der Waals surface area contributed by atoms with Crippen molar-refractivity contribution in [1.82, 2.24) is 0 Å². The summed E-state index contributed by atoms with van der Waals surface area (Å²) in [5.74, 6) is -0.129. The zero-order valence-electron chi connectivity index (χ0n) is 20.0. The second kappa shape index (κ2) is 10.9. The van der Waals surface area contributed by atoms with Gasteiger partial charge in [-0.15, -0.1) is 0 Å². The Morgan fingerprint density at radius 2 is 1.77 bits per heavy atom. The second-order valence-corrected chi connectivity index (χ2v) is 9.97. The highest BCUT2D eigenvalue weighted by Gasteiger charge is 2.48. The van der Waals surface area contributed by atoms with Crippen LogP contribution in [-0.4, -0.2) is 54.3 Å². The highest BCUT2D eigenvalue weighted by atomic mass is 16.6. The molecule has 2 saturated heterocycles. The van der Waals surface area contributed by atoms with Gasteiger partial charge in [-0.25, -0.2) is 0 Å². The van der Waals surface area contributed by atoms with Crippen molar-refractivity contribution in [3.8, 4) is 0 Å². The van der Waals surface area contributed by atoms with E-state index >= 15 is 0 Å². The summed E-state index contributed by atoms with van der Waals surface area (Å²) in [6.07, 6.45) is 4.78. The molecule has 2 aliphatic rings. The average Bonchev–Trinajstić information content (AvgIpc) is 3.30. The fraction of sp³-hybridized carbons (Fsp3) is 0.875. The maximum atomic E-state index is 12.5. The maximum Gasteiger partial charge on any atom is 0.303 e. The molecule has 0 aromatic rings. The van der Waals surface area contributed by atoms with Gasteiger partial charge in [0.2, 0.25) is 0 Å². The number of hydrogen-bond donors (Lipinski definition) is 0. The van der Waals surface area contributed by atoms with Crippen molar-refractivity contribution in [2.75, 3.05) is 13.2 Å². The Morgan fingerprint density at radius 1 is 1.10 bits per heavy atom. The lowest BCUT2D eigenvalue weighted by atomic mass is 9.86. The highest BCUT2D eigenvalue weighted by Crippen LogP contribution is 2.39. The molecular formula is C24H40O7. The predicted molar refractivity (Wildman–Crippen MR) is 115 cm³/mol. The van der Waals surface area contributed by atoms with Crippen LogP contribution in [-0.2, 0) is 33.3 Å². The second-order valence-electron chi connectivity index (χ2n) is 9.97. The van der Waals surface area contributed by atoms with E-state index < -0.39 is 5.60 Å². The van der Waals surface area contributed by atoms with E-state index in [1.165, 1.54) is 13.8 Å². The summed E-state index contributed by atoms with van der Waals surface area (Å²) in [5.41, 5.74) is -0.757. The summed E-state index contributed by atoms with van der Waals surface area (Å²) < 4.78 is 22.5. The summed E-state index contributed by atoms with van der Waals surface area (Å²) in [4.78, 5) is 35.2. The van der Waals surface area contributed by atoms with Gasteiger partial charge in [0.15, 0.2) is 0 Å². The molecule has 0 saturated carbocycles. The lowest BCUT2D eigenvalue weighted by Gasteiger charge is -2.35. The Balaban J connectivity index is 1.86. The molecule has 31 heavy (non-hydrogen) atoms. The van der Waals surface area contributed by atoms with Crippen molar-refractivity contribution < 1.29 is 33.3 Å². The fourth-order valence-corrected chi connectivity index (χ4v) is 4.32. The van der Waals surface area contributed by atoms with Gasteiger partial charge in [0.1, 0.15) is 17.5 Å². The average molecular weight is 441 g/mol. The van der Waals surface area contributed by atoms with E-state index in [1.807, 2.05) is 27.7 Å². The number of carbonyl (C=O) groups excluding carboxylic acids is 3. The number of Topliss-reactive ketones (excluding diaryl/α,β-unsaturated/α-hetero) is 1. The van der Waals surface area contributed by atoms with Crippen LogP contribution in [0.4, 0.5) is 0 Å². The minimum atomic E-state index is -0.591.